The Morgan fingerprint density at radius 2 is 1.90 bits per heavy atom. The molecule has 0 aliphatic rings. The molecule has 0 bridgehead atoms. The van der Waals surface area contributed by atoms with Gasteiger partial charge in [0.25, 0.3) is 0 Å². The molecule has 0 amide bonds. The molecular weight excluding hydrogens is 265 g/mol. The van der Waals surface area contributed by atoms with Crippen molar-refractivity contribution in [3.05, 3.63) is 53.8 Å². The SMILES string of the molecule is CCNc1nc(-c2ccc(C)c(F)c2)nc2ccccc12. The molecular formula is C17H16FN3. The third kappa shape index (κ3) is 2.57. The van der Waals surface area contributed by atoms with Gasteiger partial charge in [0.2, 0.25) is 0 Å². The first-order valence-corrected chi connectivity index (χ1v) is 6.96. The number of fused-ring (bicyclic) bond motifs is 1. The summed E-state index contributed by atoms with van der Waals surface area (Å²) in [6.45, 7) is 4.52. The molecule has 0 aliphatic carbocycles. The number of halogens is 1. The normalized spacial score (nSPS) is 10.8. The van der Waals surface area contributed by atoms with Crippen molar-refractivity contribution in [2.24, 2.45) is 0 Å². The first kappa shape index (κ1) is 13.5. The lowest BCUT2D eigenvalue weighted by Crippen LogP contribution is -2.03. The number of para-hydroxylation sites is 1. The maximum absolute atomic E-state index is 13.8. The van der Waals surface area contributed by atoms with Crippen molar-refractivity contribution < 1.29 is 4.39 Å². The van der Waals surface area contributed by atoms with Gasteiger partial charge in [-0.1, -0.05) is 24.3 Å². The van der Waals surface area contributed by atoms with Crippen LogP contribution in [-0.4, -0.2) is 16.5 Å². The number of aromatic nitrogens is 2. The van der Waals surface area contributed by atoms with Gasteiger partial charge >= 0.3 is 0 Å². The molecule has 4 heteroatoms. The molecule has 0 radical (unpaired) electrons. The number of rotatable bonds is 3. The molecule has 3 aromatic rings. The predicted octanol–water partition coefficient (Wildman–Crippen LogP) is 4.18. The van der Waals surface area contributed by atoms with Crippen molar-refractivity contribution in [2.45, 2.75) is 13.8 Å². The Hall–Kier alpha value is -2.49. The van der Waals surface area contributed by atoms with E-state index in [9.17, 15) is 4.39 Å². The van der Waals surface area contributed by atoms with E-state index in [0.717, 1.165) is 23.3 Å². The van der Waals surface area contributed by atoms with E-state index >= 15 is 0 Å². The van der Waals surface area contributed by atoms with Gasteiger partial charge < -0.3 is 5.32 Å². The van der Waals surface area contributed by atoms with Gasteiger partial charge in [0.1, 0.15) is 11.6 Å². The smallest absolute Gasteiger partial charge is 0.162 e. The maximum Gasteiger partial charge on any atom is 0.162 e. The highest BCUT2D eigenvalue weighted by Crippen LogP contribution is 2.25. The van der Waals surface area contributed by atoms with Crippen LogP contribution in [0, 0.1) is 12.7 Å². The van der Waals surface area contributed by atoms with E-state index in [4.69, 9.17) is 0 Å². The van der Waals surface area contributed by atoms with Crippen LogP contribution in [0.4, 0.5) is 10.2 Å². The predicted molar refractivity (Wildman–Crippen MR) is 83.8 cm³/mol. The first-order chi connectivity index (χ1) is 10.2. The van der Waals surface area contributed by atoms with E-state index in [2.05, 4.69) is 15.3 Å². The third-order valence-corrected chi connectivity index (χ3v) is 3.38. The summed E-state index contributed by atoms with van der Waals surface area (Å²) >= 11 is 0. The van der Waals surface area contributed by atoms with E-state index < -0.39 is 0 Å². The Bertz CT molecular complexity index is 799. The van der Waals surface area contributed by atoms with E-state index in [1.165, 1.54) is 6.07 Å². The van der Waals surface area contributed by atoms with E-state index in [0.29, 0.717) is 17.0 Å². The molecule has 106 valence electrons. The number of nitrogens with zero attached hydrogens (tertiary/aromatic N) is 2. The quantitative estimate of drug-likeness (QED) is 0.782. The zero-order chi connectivity index (χ0) is 14.8. The van der Waals surface area contributed by atoms with Gasteiger partial charge in [0.15, 0.2) is 5.82 Å². The summed E-state index contributed by atoms with van der Waals surface area (Å²) in [4.78, 5) is 9.08. The van der Waals surface area contributed by atoms with Gasteiger partial charge in [-0.25, -0.2) is 14.4 Å². The summed E-state index contributed by atoms with van der Waals surface area (Å²) in [5, 5.41) is 4.21. The van der Waals surface area contributed by atoms with Gasteiger partial charge in [0.05, 0.1) is 5.52 Å². The lowest BCUT2D eigenvalue weighted by Gasteiger charge is -2.10. The molecule has 0 unspecified atom stereocenters. The minimum absolute atomic E-state index is 0.241. The first-order valence-electron chi connectivity index (χ1n) is 6.96. The summed E-state index contributed by atoms with van der Waals surface area (Å²) in [6, 6.07) is 12.9. The van der Waals surface area contributed by atoms with Gasteiger partial charge in [-0.05, 0) is 37.6 Å². The number of hydrogen-bond acceptors (Lipinski definition) is 3. The monoisotopic (exact) mass is 281 g/mol. The summed E-state index contributed by atoms with van der Waals surface area (Å²) in [6.07, 6.45) is 0. The van der Waals surface area contributed by atoms with Crippen LogP contribution in [-0.2, 0) is 0 Å². The Morgan fingerprint density at radius 1 is 1.10 bits per heavy atom. The van der Waals surface area contributed by atoms with Crippen molar-refractivity contribution in [1.82, 2.24) is 9.97 Å². The second kappa shape index (κ2) is 5.48. The molecule has 2 aromatic carbocycles. The standard InChI is InChI=1S/C17H16FN3/c1-3-19-17-13-6-4-5-7-15(13)20-16(21-17)12-9-8-11(2)14(18)10-12/h4-10H,3H2,1-2H3,(H,19,20,21). The van der Waals surface area contributed by atoms with Gasteiger partial charge in [-0.3, -0.25) is 0 Å². The average molecular weight is 281 g/mol. The molecule has 0 saturated heterocycles. The molecule has 0 fully saturated rings. The third-order valence-electron chi connectivity index (χ3n) is 3.38. The fraction of sp³-hybridized carbons (Fsp3) is 0.176. The van der Waals surface area contributed by atoms with Crippen molar-refractivity contribution in [3.63, 3.8) is 0 Å². The van der Waals surface area contributed by atoms with Crippen LogP contribution < -0.4 is 5.32 Å². The molecule has 3 rings (SSSR count). The number of nitrogens with one attached hydrogen (secondary N) is 1. The lowest BCUT2D eigenvalue weighted by atomic mass is 10.1. The molecule has 21 heavy (non-hydrogen) atoms. The highest BCUT2D eigenvalue weighted by atomic mass is 19.1. The minimum Gasteiger partial charge on any atom is -0.370 e. The van der Waals surface area contributed by atoms with Crippen molar-refractivity contribution in [3.8, 4) is 11.4 Å². The molecule has 0 aliphatic heterocycles. The van der Waals surface area contributed by atoms with E-state index in [1.807, 2.05) is 37.3 Å². The molecule has 1 aromatic heterocycles. The topological polar surface area (TPSA) is 37.8 Å². The fourth-order valence-corrected chi connectivity index (χ4v) is 2.24. The summed E-state index contributed by atoms with van der Waals surface area (Å²) in [5.41, 5.74) is 2.15. The van der Waals surface area contributed by atoms with Gasteiger partial charge in [0, 0.05) is 17.5 Å². The van der Waals surface area contributed by atoms with Crippen LogP contribution in [0.3, 0.4) is 0 Å². The van der Waals surface area contributed by atoms with Crippen LogP contribution in [0.2, 0.25) is 0 Å². The summed E-state index contributed by atoms with van der Waals surface area (Å²) in [7, 11) is 0. The van der Waals surface area contributed by atoms with Crippen molar-refractivity contribution in [1.29, 1.82) is 0 Å². The number of benzene rings is 2. The van der Waals surface area contributed by atoms with E-state index in [1.54, 1.807) is 13.0 Å². The van der Waals surface area contributed by atoms with Crippen LogP contribution >= 0.6 is 0 Å². The maximum atomic E-state index is 13.8. The Morgan fingerprint density at radius 3 is 2.67 bits per heavy atom. The van der Waals surface area contributed by atoms with Crippen molar-refractivity contribution >= 4 is 16.7 Å². The van der Waals surface area contributed by atoms with Crippen LogP contribution in [0.15, 0.2) is 42.5 Å². The fourth-order valence-electron chi connectivity index (χ4n) is 2.24. The number of hydrogen-bond donors (Lipinski definition) is 1. The second-order valence-corrected chi connectivity index (χ2v) is 4.91. The van der Waals surface area contributed by atoms with Gasteiger partial charge in [-0.15, -0.1) is 0 Å². The zero-order valence-corrected chi connectivity index (χ0v) is 12.0. The largest absolute Gasteiger partial charge is 0.370 e. The van der Waals surface area contributed by atoms with E-state index in [-0.39, 0.29) is 5.82 Å². The average Bonchev–Trinajstić information content (AvgIpc) is 2.50. The highest BCUT2D eigenvalue weighted by molar-refractivity contribution is 5.90. The number of aryl methyl sites for hydroxylation is 1. The number of anilines is 1. The lowest BCUT2D eigenvalue weighted by molar-refractivity contribution is 0.619. The van der Waals surface area contributed by atoms with Crippen LogP contribution in [0.25, 0.3) is 22.3 Å². The minimum atomic E-state index is -0.241. The van der Waals surface area contributed by atoms with Gasteiger partial charge in [-0.2, -0.15) is 0 Å². The highest BCUT2D eigenvalue weighted by Gasteiger charge is 2.10. The molecule has 1 heterocycles. The molecule has 0 spiro atoms. The Labute approximate surface area is 122 Å². The molecule has 0 atom stereocenters. The second-order valence-electron chi connectivity index (χ2n) is 4.91. The van der Waals surface area contributed by atoms with Crippen molar-refractivity contribution in [2.75, 3.05) is 11.9 Å². The Kier molecular flexibility index (Phi) is 3.52. The summed E-state index contributed by atoms with van der Waals surface area (Å²) in [5.74, 6) is 1.07. The molecule has 3 nitrogen and oxygen atoms in total. The Balaban J connectivity index is 2.20. The van der Waals surface area contributed by atoms with Crippen LogP contribution in [0.5, 0.6) is 0 Å². The molecule has 1 N–H and O–H groups in total. The van der Waals surface area contributed by atoms with Crippen LogP contribution in [0.1, 0.15) is 12.5 Å². The summed E-state index contributed by atoms with van der Waals surface area (Å²) < 4.78 is 13.8. The zero-order valence-electron chi connectivity index (χ0n) is 12.0. The molecule has 0 saturated carbocycles.